The van der Waals surface area contributed by atoms with Crippen molar-refractivity contribution in [3.63, 3.8) is 0 Å². The molecule has 1 fully saturated rings. The van der Waals surface area contributed by atoms with Gasteiger partial charge in [0.2, 0.25) is 0 Å². The average Bonchev–Trinajstić information content (AvgIpc) is 2.98. The van der Waals surface area contributed by atoms with E-state index >= 15 is 0 Å². The number of thiocarbonyl (C=S) groups is 1. The zero-order chi connectivity index (χ0) is 14.7. The minimum absolute atomic E-state index is 0.260. The van der Waals surface area contributed by atoms with Crippen molar-refractivity contribution in [3.05, 3.63) is 28.9 Å². The number of amides is 1. The third kappa shape index (κ3) is 2.94. The summed E-state index contributed by atoms with van der Waals surface area (Å²) in [4.78, 5) is 28.0. The molecule has 0 saturated carbocycles. The number of thioether (sulfide) groups is 1. The summed E-state index contributed by atoms with van der Waals surface area (Å²) in [6, 6.07) is 2.63. The van der Waals surface area contributed by atoms with Gasteiger partial charge in [-0.3, -0.25) is 9.69 Å². The summed E-state index contributed by atoms with van der Waals surface area (Å²) in [5.41, 5.74) is 0.769. The lowest BCUT2D eigenvalue weighted by Gasteiger charge is -2.27. The molecule has 5 nitrogen and oxygen atoms in total. The molecule has 0 aromatic carbocycles. The van der Waals surface area contributed by atoms with Crippen LogP contribution in [-0.4, -0.2) is 32.1 Å². The normalized spacial score (nSPS) is 18.9. The van der Waals surface area contributed by atoms with Crippen molar-refractivity contribution < 1.29 is 14.7 Å². The number of H-pyrrole nitrogens is 1. The molecule has 1 aliphatic rings. The Morgan fingerprint density at radius 2 is 2.40 bits per heavy atom. The zero-order valence-electron chi connectivity index (χ0n) is 10.8. The highest BCUT2D eigenvalue weighted by molar-refractivity contribution is 8.26. The van der Waals surface area contributed by atoms with E-state index < -0.39 is 12.0 Å². The fourth-order valence-corrected chi connectivity index (χ4v) is 3.30. The Labute approximate surface area is 126 Å². The van der Waals surface area contributed by atoms with E-state index in [1.54, 1.807) is 12.3 Å². The van der Waals surface area contributed by atoms with E-state index in [9.17, 15) is 14.7 Å². The number of aromatic amines is 1. The molecule has 1 aliphatic heterocycles. The summed E-state index contributed by atoms with van der Waals surface area (Å²) in [6.45, 7) is 1.85. The van der Waals surface area contributed by atoms with Gasteiger partial charge in [-0.15, -0.1) is 0 Å². The van der Waals surface area contributed by atoms with Gasteiger partial charge in [0.1, 0.15) is 4.32 Å². The van der Waals surface area contributed by atoms with Gasteiger partial charge in [-0.05, 0) is 24.6 Å². The van der Waals surface area contributed by atoms with Crippen LogP contribution in [0, 0.1) is 0 Å². The van der Waals surface area contributed by atoms with Crippen molar-refractivity contribution >= 4 is 46.3 Å². The molecule has 0 aliphatic carbocycles. The van der Waals surface area contributed by atoms with Gasteiger partial charge in [0, 0.05) is 11.9 Å². The molecule has 2 rings (SSSR count). The first-order chi connectivity index (χ1) is 9.54. The third-order valence-corrected chi connectivity index (χ3v) is 4.21. The Bertz CT molecular complexity index is 566. The number of aromatic nitrogens is 1. The molecule has 2 heterocycles. The van der Waals surface area contributed by atoms with Crippen molar-refractivity contribution in [3.8, 4) is 0 Å². The highest BCUT2D eigenvalue weighted by Gasteiger charge is 2.37. The van der Waals surface area contributed by atoms with E-state index in [2.05, 4.69) is 4.98 Å². The molecule has 20 heavy (non-hydrogen) atoms. The molecule has 1 aromatic heterocycles. The number of carboxylic acids is 1. The highest BCUT2D eigenvalue weighted by atomic mass is 32.2. The number of carboxylic acid groups (broad SMARTS) is 1. The fourth-order valence-electron chi connectivity index (χ4n) is 1.95. The molecule has 0 bridgehead atoms. The molecule has 1 aromatic rings. The first-order valence-corrected chi connectivity index (χ1v) is 7.38. The Morgan fingerprint density at radius 3 is 2.95 bits per heavy atom. The van der Waals surface area contributed by atoms with Crippen LogP contribution in [0.5, 0.6) is 0 Å². The first kappa shape index (κ1) is 14.8. The lowest BCUT2D eigenvalue weighted by molar-refractivity contribution is -0.310. The SMILES string of the molecule is CCC[C@@H](C(=O)[O-])N1C(=O)/C(=C/c2ccc[nH]2)SC1=S. The molecule has 1 N–H and O–H groups in total. The van der Waals surface area contributed by atoms with Crippen LogP contribution >= 0.6 is 24.0 Å². The highest BCUT2D eigenvalue weighted by Crippen LogP contribution is 2.34. The van der Waals surface area contributed by atoms with Gasteiger partial charge in [-0.25, -0.2) is 0 Å². The Hall–Kier alpha value is -1.60. The summed E-state index contributed by atoms with van der Waals surface area (Å²) in [5, 5.41) is 11.2. The van der Waals surface area contributed by atoms with Gasteiger partial charge >= 0.3 is 0 Å². The van der Waals surface area contributed by atoms with Crippen molar-refractivity contribution in [2.45, 2.75) is 25.8 Å². The van der Waals surface area contributed by atoms with Crippen LogP contribution in [0.4, 0.5) is 0 Å². The summed E-state index contributed by atoms with van der Waals surface area (Å²) < 4.78 is 0.260. The second-order valence-corrected chi connectivity index (χ2v) is 5.98. The fraction of sp³-hybridized carbons (Fsp3) is 0.308. The maximum Gasteiger partial charge on any atom is 0.266 e. The Morgan fingerprint density at radius 1 is 1.65 bits per heavy atom. The molecule has 7 heteroatoms. The third-order valence-electron chi connectivity index (χ3n) is 2.88. The van der Waals surface area contributed by atoms with E-state index in [1.165, 1.54) is 0 Å². The van der Waals surface area contributed by atoms with E-state index in [1.807, 2.05) is 19.1 Å². The average molecular weight is 309 g/mol. The second kappa shape index (κ2) is 6.23. The maximum absolute atomic E-state index is 12.3. The van der Waals surface area contributed by atoms with Crippen molar-refractivity contribution in [2.24, 2.45) is 0 Å². The van der Waals surface area contributed by atoms with Gasteiger partial charge in [0.25, 0.3) is 5.91 Å². The number of carbonyl (C=O) groups is 2. The molecule has 1 amide bonds. The Balaban J connectivity index is 2.26. The standard InChI is InChI=1S/C13H14N2O3S2/c1-2-4-9(12(17)18)15-11(16)10(20-13(15)19)7-8-5-3-6-14-8/h3,5-7,9,14H,2,4H2,1H3,(H,17,18)/p-1/b10-7-/t9-/m0/s1. The largest absolute Gasteiger partial charge is 0.548 e. The molecular weight excluding hydrogens is 296 g/mol. The molecule has 0 unspecified atom stereocenters. The lowest BCUT2D eigenvalue weighted by Crippen LogP contribution is -2.49. The van der Waals surface area contributed by atoms with E-state index in [4.69, 9.17) is 12.2 Å². The summed E-state index contributed by atoms with van der Waals surface area (Å²) >= 11 is 6.24. The predicted molar refractivity (Wildman–Crippen MR) is 79.5 cm³/mol. The summed E-state index contributed by atoms with van der Waals surface area (Å²) in [7, 11) is 0. The van der Waals surface area contributed by atoms with Crippen LogP contribution in [0.1, 0.15) is 25.5 Å². The minimum Gasteiger partial charge on any atom is -0.548 e. The van der Waals surface area contributed by atoms with E-state index in [0.717, 1.165) is 22.4 Å². The van der Waals surface area contributed by atoms with E-state index in [-0.39, 0.29) is 10.2 Å². The van der Waals surface area contributed by atoms with Gasteiger partial charge < -0.3 is 14.9 Å². The van der Waals surface area contributed by atoms with Crippen LogP contribution in [0.15, 0.2) is 23.2 Å². The minimum atomic E-state index is -1.27. The number of hydrogen-bond donors (Lipinski definition) is 1. The zero-order valence-corrected chi connectivity index (χ0v) is 12.4. The molecular formula is C13H13N2O3S2-. The van der Waals surface area contributed by atoms with Gasteiger partial charge in [-0.1, -0.05) is 37.3 Å². The number of aliphatic carboxylic acids is 1. The monoisotopic (exact) mass is 309 g/mol. The van der Waals surface area contributed by atoms with Crippen LogP contribution in [0.2, 0.25) is 0 Å². The van der Waals surface area contributed by atoms with Crippen LogP contribution < -0.4 is 5.11 Å². The molecule has 106 valence electrons. The topological polar surface area (TPSA) is 76.2 Å². The quantitative estimate of drug-likeness (QED) is 0.652. The van der Waals surface area contributed by atoms with Crippen LogP contribution in [-0.2, 0) is 9.59 Å². The number of rotatable bonds is 5. The number of hydrogen-bond acceptors (Lipinski definition) is 5. The van der Waals surface area contributed by atoms with Crippen molar-refractivity contribution in [1.29, 1.82) is 0 Å². The smallest absolute Gasteiger partial charge is 0.266 e. The van der Waals surface area contributed by atoms with Crippen molar-refractivity contribution in [2.75, 3.05) is 0 Å². The van der Waals surface area contributed by atoms with Gasteiger partial charge in [0.15, 0.2) is 0 Å². The first-order valence-electron chi connectivity index (χ1n) is 6.16. The van der Waals surface area contributed by atoms with Crippen molar-refractivity contribution in [1.82, 2.24) is 9.88 Å². The van der Waals surface area contributed by atoms with Crippen LogP contribution in [0.25, 0.3) is 6.08 Å². The molecule has 1 atom stereocenters. The Kier molecular flexibility index (Phi) is 4.61. The van der Waals surface area contributed by atoms with Crippen LogP contribution in [0.3, 0.4) is 0 Å². The lowest BCUT2D eigenvalue weighted by atomic mass is 10.1. The maximum atomic E-state index is 12.3. The number of nitrogens with zero attached hydrogens (tertiary/aromatic N) is 1. The van der Waals surface area contributed by atoms with Gasteiger partial charge in [0.05, 0.1) is 16.9 Å². The predicted octanol–water partition coefficient (Wildman–Crippen LogP) is 1.13. The van der Waals surface area contributed by atoms with E-state index in [0.29, 0.717) is 17.7 Å². The second-order valence-electron chi connectivity index (χ2n) is 4.30. The molecule has 1 saturated heterocycles. The van der Waals surface area contributed by atoms with Gasteiger partial charge in [-0.2, -0.15) is 0 Å². The summed E-state index contributed by atoms with van der Waals surface area (Å²) in [5.74, 6) is -1.65. The molecule has 0 radical (unpaired) electrons. The number of carbonyl (C=O) groups excluding carboxylic acids is 2. The summed E-state index contributed by atoms with van der Waals surface area (Å²) in [6.07, 6.45) is 4.36. The molecule has 0 spiro atoms. The number of nitrogens with one attached hydrogen (secondary N) is 1.